The summed E-state index contributed by atoms with van der Waals surface area (Å²) in [6, 6.07) is 8.69. The van der Waals surface area contributed by atoms with Crippen LogP contribution in [-0.2, 0) is 5.41 Å². The minimum Gasteiger partial charge on any atom is -0.478 e. The van der Waals surface area contributed by atoms with Crippen LogP contribution in [-0.4, -0.2) is 23.5 Å². The van der Waals surface area contributed by atoms with Crippen molar-refractivity contribution in [2.75, 3.05) is 6.54 Å². The monoisotopic (exact) mass is 317 g/mol. The maximum Gasteiger partial charge on any atom is 0.335 e. The van der Waals surface area contributed by atoms with E-state index >= 15 is 0 Å². The normalized spacial score (nSPS) is 11.2. The maximum absolute atomic E-state index is 12.3. The van der Waals surface area contributed by atoms with Crippen molar-refractivity contribution in [1.29, 1.82) is 0 Å². The van der Waals surface area contributed by atoms with Crippen LogP contribution in [0.3, 0.4) is 0 Å². The van der Waals surface area contributed by atoms with Crippen LogP contribution in [0, 0.1) is 6.92 Å². The molecule has 0 bridgehead atoms. The summed E-state index contributed by atoms with van der Waals surface area (Å²) in [5.41, 5.74) is 1.09. The third kappa shape index (κ3) is 3.74. The molecule has 1 aromatic carbocycles. The fourth-order valence-electron chi connectivity index (χ4n) is 2.19. The average molecular weight is 317 g/mol. The molecule has 0 aliphatic carbocycles. The molecule has 0 fully saturated rings. The van der Waals surface area contributed by atoms with E-state index in [1.807, 2.05) is 17.5 Å². The smallest absolute Gasteiger partial charge is 0.335 e. The Morgan fingerprint density at radius 2 is 1.91 bits per heavy atom. The van der Waals surface area contributed by atoms with Crippen molar-refractivity contribution in [3.05, 3.63) is 57.3 Å². The first-order chi connectivity index (χ1) is 10.3. The van der Waals surface area contributed by atoms with Gasteiger partial charge in [-0.15, -0.1) is 11.3 Å². The highest BCUT2D eigenvalue weighted by Crippen LogP contribution is 2.26. The number of thiophene rings is 1. The van der Waals surface area contributed by atoms with Gasteiger partial charge in [0.2, 0.25) is 0 Å². The summed E-state index contributed by atoms with van der Waals surface area (Å²) in [6.45, 7) is 6.40. The molecule has 0 aliphatic heterocycles. The summed E-state index contributed by atoms with van der Waals surface area (Å²) >= 11 is 1.66. The third-order valence-electron chi connectivity index (χ3n) is 3.47. The Kier molecular flexibility index (Phi) is 4.66. The molecule has 1 amide bonds. The van der Waals surface area contributed by atoms with Crippen LogP contribution < -0.4 is 5.32 Å². The van der Waals surface area contributed by atoms with Gasteiger partial charge in [0.05, 0.1) is 5.56 Å². The molecule has 1 aromatic heterocycles. The fraction of sp³-hybridized carbons (Fsp3) is 0.294. The zero-order valence-electron chi connectivity index (χ0n) is 12.8. The molecule has 4 nitrogen and oxygen atoms in total. The molecule has 0 atom stereocenters. The van der Waals surface area contributed by atoms with Crippen LogP contribution in [0.5, 0.6) is 0 Å². The number of aromatic carboxylic acids is 1. The highest BCUT2D eigenvalue weighted by Gasteiger charge is 2.23. The predicted molar refractivity (Wildman–Crippen MR) is 87.8 cm³/mol. The Morgan fingerprint density at radius 3 is 2.50 bits per heavy atom. The highest BCUT2D eigenvalue weighted by atomic mass is 32.1. The number of carboxylic acids is 1. The van der Waals surface area contributed by atoms with Crippen molar-refractivity contribution < 1.29 is 14.7 Å². The average Bonchev–Trinajstić information content (AvgIpc) is 2.99. The lowest BCUT2D eigenvalue weighted by Crippen LogP contribution is -2.36. The van der Waals surface area contributed by atoms with E-state index in [0.29, 0.717) is 12.1 Å². The van der Waals surface area contributed by atoms with Gasteiger partial charge in [-0.1, -0.05) is 19.9 Å². The van der Waals surface area contributed by atoms with Crippen LogP contribution in [0.4, 0.5) is 0 Å². The number of carbonyl (C=O) groups excluding carboxylic acids is 1. The van der Waals surface area contributed by atoms with Gasteiger partial charge in [-0.25, -0.2) is 4.79 Å². The summed E-state index contributed by atoms with van der Waals surface area (Å²) in [4.78, 5) is 24.6. The van der Waals surface area contributed by atoms with Crippen LogP contribution >= 0.6 is 11.3 Å². The molecule has 0 aliphatic rings. The molecule has 5 heteroatoms. The van der Waals surface area contributed by atoms with Crippen molar-refractivity contribution in [1.82, 2.24) is 5.32 Å². The van der Waals surface area contributed by atoms with Crippen LogP contribution in [0.2, 0.25) is 0 Å². The van der Waals surface area contributed by atoms with E-state index in [-0.39, 0.29) is 16.9 Å². The minimum atomic E-state index is -1.03. The van der Waals surface area contributed by atoms with Crippen molar-refractivity contribution in [3.63, 3.8) is 0 Å². The van der Waals surface area contributed by atoms with Gasteiger partial charge < -0.3 is 10.4 Å². The van der Waals surface area contributed by atoms with E-state index < -0.39 is 5.97 Å². The van der Waals surface area contributed by atoms with Crippen LogP contribution in [0.25, 0.3) is 0 Å². The molecule has 116 valence electrons. The molecule has 2 rings (SSSR count). The fourth-order valence-corrected chi connectivity index (χ4v) is 3.04. The second-order valence-corrected chi connectivity index (χ2v) is 6.88. The van der Waals surface area contributed by atoms with E-state index in [1.54, 1.807) is 30.4 Å². The number of hydrogen-bond acceptors (Lipinski definition) is 3. The maximum atomic E-state index is 12.3. The van der Waals surface area contributed by atoms with Crippen LogP contribution in [0.15, 0.2) is 35.7 Å². The van der Waals surface area contributed by atoms with E-state index in [1.165, 1.54) is 10.9 Å². The number of rotatable bonds is 5. The van der Waals surface area contributed by atoms with Gasteiger partial charge in [0, 0.05) is 22.4 Å². The zero-order chi connectivity index (χ0) is 16.3. The first-order valence-electron chi connectivity index (χ1n) is 6.97. The molecule has 0 saturated carbocycles. The van der Waals surface area contributed by atoms with E-state index in [2.05, 4.69) is 19.2 Å². The van der Waals surface area contributed by atoms with Gasteiger partial charge in [0.15, 0.2) is 0 Å². The summed E-state index contributed by atoms with van der Waals surface area (Å²) in [5, 5.41) is 14.0. The first-order valence-corrected chi connectivity index (χ1v) is 7.85. The summed E-state index contributed by atoms with van der Waals surface area (Å²) in [7, 11) is 0. The van der Waals surface area contributed by atoms with Gasteiger partial charge >= 0.3 is 5.97 Å². The van der Waals surface area contributed by atoms with Crippen molar-refractivity contribution in [2.24, 2.45) is 0 Å². The van der Waals surface area contributed by atoms with Gasteiger partial charge in [-0.2, -0.15) is 0 Å². The first kappa shape index (κ1) is 16.2. The number of carbonyl (C=O) groups is 2. The quantitative estimate of drug-likeness (QED) is 0.887. The topological polar surface area (TPSA) is 66.4 Å². The number of carboxylic acid groups (broad SMARTS) is 1. The molecule has 22 heavy (non-hydrogen) atoms. The number of amides is 1. The predicted octanol–water partition coefficient (Wildman–Crippen LogP) is 3.46. The summed E-state index contributed by atoms with van der Waals surface area (Å²) in [6.07, 6.45) is 0. The molecule has 2 N–H and O–H groups in total. The van der Waals surface area contributed by atoms with E-state index in [0.717, 1.165) is 5.56 Å². The molecule has 0 spiro atoms. The van der Waals surface area contributed by atoms with E-state index in [9.17, 15) is 9.59 Å². The number of hydrogen-bond donors (Lipinski definition) is 2. The summed E-state index contributed by atoms with van der Waals surface area (Å²) < 4.78 is 0. The van der Waals surface area contributed by atoms with Gasteiger partial charge in [-0.05, 0) is 42.1 Å². The largest absolute Gasteiger partial charge is 0.478 e. The van der Waals surface area contributed by atoms with Crippen molar-refractivity contribution in [3.8, 4) is 0 Å². The second-order valence-electron chi connectivity index (χ2n) is 5.94. The Balaban J connectivity index is 2.11. The van der Waals surface area contributed by atoms with Gasteiger partial charge in [0.1, 0.15) is 0 Å². The summed E-state index contributed by atoms with van der Waals surface area (Å²) in [5.74, 6) is -1.28. The Labute approximate surface area is 133 Å². The van der Waals surface area contributed by atoms with Crippen molar-refractivity contribution >= 4 is 23.2 Å². The zero-order valence-corrected chi connectivity index (χ0v) is 13.7. The Bertz CT molecular complexity index is 690. The Morgan fingerprint density at radius 1 is 1.23 bits per heavy atom. The number of nitrogens with one attached hydrogen (secondary N) is 1. The third-order valence-corrected chi connectivity index (χ3v) is 4.70. The lowest BCUT2D eigenvalue weighted by atomic mass is 9.91. The van der Waals surface area contributed by atoms with Gasteiger partial charge in [0.25, 0.3) is 5.91 Å². The van der Waals surface area contributed by atoms with Crippen LogP contribution in [0.1, 0.15) is 45.0 Å². The lowest BCUT2D eigenvalue weighted by molar-refractivity contribution is 0.0696. The van der Waals surface area contributed by atoms with Gasteiger partial charge in [-0.3, -0.25) is 4.79 Å². The molecule has 2 aromatic rings. The Hall–Kier alpha value is -2.14. The highest BCUT2D eigenvalue weighted by molar-refractivity contribution is 7.10. The SMILES string of the molecule is Cc1cc(C(=O)O)cc(C(=O)NCC(C)(C)c2cccs2)c1. The molecule has 1 heterocycles. The molecule has 0 unspecified atom stereocenters. The molecule has 0 saturated heterocycles. The number of benzene rings is 1. The minimum absolute atomic E-state index is 0.127. The lowest BCUT2D eigenvalue weighted by Gasteiger charge is -2.23. The molecule has 0 radical (unpaired) electrons. The number of aryl methyl sites for hydroxylation is 1. The van der Waals surface area contributed by atoms with E-state index in [4.69, 9.17) is 5.11 Å². The van der Waals surface area contributed by atoms with Crippen molar-refractivity contribution in [2.45, 2.75) is 26.2 Å². The molecular formula is C17H19NO3S. The molecular weight excluding hydrogens is 298 g/mol. The standard InChI is InChI=1S/C17H19NO3S/c1-11-7-12(9-13(8-11)16(20)21)15(19)18-10-17(2,3)14-5-4-6-22-14/h4-9H,10H2,1-3H3,(H,18,19)(H,20,21). The second kappa shape index (κ2) is 6.32.